The molecule has 2 aliphatic rings. The molecule has 1 unspecified atom stereocenters. The number of hydrogen-bond acceptors (Lipinski definition) is 3. The van der Waals surface area contributed by atoms with Crippen molar-refractivity contribution in [1.82, 2.24) is 4.90 Å². The highest BCUT2D eigenvalue weighted by Gasteiger charge is 2.46. The first-order chi connectivity index (χ1) is 16.8. The van der Waals surface area contributed by atoms with Crippen molar-refractivity contribution in [3.05, 3.63) is 80.8 Å². The molecule has 4 rings (SSSR count). The number of amides is 1. The van der Waals surface area contributed by atoms with Crippen molar-refractivity contribution >= 4 is 35.1 Å². The monoisotopic (exact) mass is 515 g/mol. The van der Waals surface area contributed by atoms with Crippen molar-refractivity contribution in [3.63, 3.8) is 0 Å². The summed E-state index contributed by atoms with van der Waals surface area (Å²) in [6.45, 7) is 4.61. The van der Waals surface area contributed by atoms with Crippen molar-refractivity contribution in [2.75, 3.05) is 6.61 Å². The third-order valence-electron chi connectivity index (χ3n) is 7.22. The molecule has 2 heterocycles. The lowest BCUT2D eigenvalue weighted by molar-refractivity contribution is -0.144. The van der Waals surface area contributed by atoms with E-state index in [1.807, 2.05) is 60.4 Å². The van der Waals surface area contributed by atoms with E-state index in [2.05, 4.69) is 6.92 Å². The van der Waals surface area contributed by atoms with Crippen LogP contribution in [0.3, 0.4) is 0 Å². The number of carboxylic acids is 1. The standard InChI is InChI=1S/C28H31Cl2NO4/c1-3-23(24-9-4-5-14-35-24)31-27(18-10-12-20(29)13-11-18)26(19-7-6-8-21(30)15-19)17(2)22(28(31)34)16-25(32)33/h6-8,10-13,15,23-24,26-27H,3-5,9,14,16H2,1-2H3,(H,32,33)/t23-,24?,26+,27+/m0/s1. The van der Waals surface area contributed by atoms with Gasteiger partial charge in [0.25, 0.3) is 5.91 Å². The Morgan fingerprint density at radius 2 is 1.86 bits per heavy atom. The fourth-order valence-corrected chi connectivity index (χ4v) is 5.94. The van der Waals surface area contributed by atoms with Crippen molar-refractivity contribution in [2.45, 2.75) is 70.1 Å². The molecule has 0 aliphatic carbocycles. The van der Waals surface area contributed by atoms with Gasteiger partial charge in [0, 0.05) is 28.1 Å². The number of ether oxygens (including phenoxy) is 1. The number of rotatable bonds is 7. The van der Waals surface area contributed by atoms with Crippen LogP contribution in [0.1, 0.15) is 69.0 Å². The molecule has 7 heteroatoms. The summed E-state index contributed by atoms with van der Waals surface area (Å²) in [5.74, 6) is -1.52. The minimum atomic E-state index is -1.02. The SMILES string of the molecule is CC[C@@H](C1CCCCO1)N1C(=O)C(CC(=O)O)=C(C)[C@H](c2cccc(Cl)c2)[C@H]1c1ccc(Cl)cc1. The molecule has 0 saturated carbocycles. The lowest BCUT2D eigenvalue weighted by atomic mass is 9.74. The molecule has 0 spiro atoms. The minimum absolute atomic E-state index is 0.100. The Kier molecular flexibility index (Phi) is 8.20. The van der Waals surface area contributed by atoms with Gasteiger partial charge in [-0.3, -0.25) is 9.59 Å². The van der Waals surface area contributed by atoms with Gasteiger partial charge < -0.3 is 14.7 Å². The number of carbonyl (C=O) groups excluding carboxylic acids is 1. The van der Waals surface area contributed by atoms with E-state index >= 15 is 0 Å². The maximum absolute atomic E-state index is 14.1. The number of nitrogens with zero attached hydrogens (tertiary/aromatic N) is 1. The van der Waals surface area contributed by atoms with Gasteiger partial charge in [0.05, 0.1) is 24.6 Å². The van der Waals surface area contributed by atoms with Gasteiger partial charge in [0.15, 0.2) is 0 Å². The summed E-state index contributed by atoms with van der Waals surface area (Å²) in [6.07, 6.45) is 3.20. The van der Waals surface area contributed by atoms with Crippen molar-refractivity contribution in [1.29, 1.82) is 0 Å². The first-order valence-corrected chi connectivity index (χ1v) is 12.9. The van der Waals surface area contributed by atoms with E-state index in [0.717, 1.165) is 36.0 Å². The van der Waals surface area contributed by atoms with E-state index in [-0.39, 0.29) is 36.4 Å². The Labute approximate surface area is 216 Å². The normalized spacial score (nSPS) is 23.9. The van der Waals surface area contributed by atoms with Crippen LogP contribution in [0.5, 0.6) is 0 Å². The Morgan fingerprint density at radius 1 is 1.11 bits per heavy atom. The van der Waals surface area contributed by atoms with Gasteiger partial charge in [0.2, 0.25) is 0 Å². The number of carboxylic acid groups (broad SMARTS) is 1. The zero-order chi connectivity index (χ0) is 25.1. The van der Waals surface area contributed by atoms with Crippen LogP contribution in [-0.4, -0.2) is 40.6 Å². The predicted molar refractivity (Wildman–Crippen MR) is 138 cm³/mol. The first kappa shape index (κ1) is 25.7. The molecule has 1 N–H and O–H groups in total. The highest BCUT2D eigenvalue weighted by molar-refractivity contribution is 6.30. The molecule has 0 radical (unpaired) electrons. The molecule has 5 nitrogen and oxygen atoms in total. The molecule has 2 aliphatic heterocycles. The molecule has 1 amide bonds. The second-order valence-electron chi connectivity index (χ2n) is 9.35. The lowest BCUT2D eigenvalue weighted by Gasteiger charge is -2.49. The number of aliphatic carboxylic acids is 1. The van der Waals surface area contributed by atoms with Crippen LogP contribution in [0.4, 0.5) is 0 Å². The van der Waals surface area contributed by atoms with Crippen LogP contribution in [0.15, 0.2) is 59.7 Å². The van der Waals surface area contributed by atoms with Crippen molar-refractivity contribution in [2.24, 2.45) is 0 Å². The van der Waals surface area contributed by atoms with E-state index in [0.29, 0.717) is 28.6 Å². The Balaban J connectivity index is 1.94. The molecule has 4 atom stereocenters. The summed E-state index contributed by atoms with van der Waals surface area (Å²) in [7, 11) is 0. The van der Waals surface area contributed by atoms with Gasteiger partial charge in [-0.1, -0.05) is 60.0 Å². The van der Waals surface area contributed by atoms with E-state index in [1.165, 1.54) is 0 Å². The molecule has 1 saturated heterocycles. The van der Waals surface area contributed by atoms with Gasteiger partial charge in [0.1, 0.15) is 0 Å². The van der Waals surface area contributed by atoms with Crippen LogP contribution >= 0.6 is 23.2 Å². The van der Waals surface area contributed by atoms with E-state index in [9.17, 15) is 14.7 Å². The minimum Gasteiger partial charge on any atom is -0.481 e. The smallest absolute Gasteiger partial charge is 0.308 e. The van der Waals surface area contributed by atoms with Crippen LogP contribution < -0.4 is 0 Å². The molecule has 35 heavy (non-hydrogen) atoms. The zero-order valence-corrected chi connectivity index (χ0v) is 21.6. The van der Waals surface area contributed by atoms with Gasteiger partial charge >= 0.3 is 5.97 Å². The van der Waals surface area contributed by atoms with Crippen LogP contribution in [0, 0.1) is 0 Å². The summed E-state index contributed by atoms with van der Waals surface area (Å²) < 4.78 is 6.17. The van der Waals surface area contributed by atoms with Crippen molar-refractivity contribution < 1.29 is 19.4 Å². The molecule has 2 aromatic rings. The van der Waals surface area contributed by atoms with Gasteiger partial charge in [-0.15, -0.1) is 0 Å². The van der Waals surface area contributed by atoms with Crippen LogP contribution in [0.2, 0.25) is 10.0 Å². The fraction of sp³-hybridized carbons (Fsp3) is 0.429. The Morgan fingerprint density at radius 3 is 2.46 bits per heavy atom. The Hall–Kier alpha value is -2.34. The van der Waals surface area contributed by atoms with Gasteiger partial charge in [-0.05, 0) is 68.0 Å². The summed E-state index contributed by atoms with van der Waals surface area (Å²) in [5.41, 5.74) is 2.97. The van der Waals surface area contributed by atoms with E-state index in [4.69, 9.17) is 27.9 Å². The van der Waals surface area contributed by atoms with Crippen LogP contribution in [0.25, 0.3) is 0 Å². The Bertz CT molecular complexity index is 1110. The molecular formula is C28H31Cl2NO4. The maximum Gasteiger partial charge on any atom is 0.308 e. The topological polar surface area (TPSA) is 66.8 Å². The van der Waals surface area contributed by atoms with E-state index < -0.39 is 5.97 Å². The molecule has 0 bridgehead atoms. The summed E-state index contributed by atoms with van der Waals surface area (Å²) in [4.78, 5) is 27.8. The lowest BCUT2D eigenvalue weighted by Crippen LogP contribution is -2.54. The highest BCUT2D eigenvalue weighted by Crippen LogP contribution is 2.49. The zero-order valence-electron chi connectivity index (χ0n) is 20.0. The quantitative estimate of drug-likeness (QED) is 0.440. The molecule has 1 fully saturated rings. The third-order valence-corrected chi connectivity index (χ3v) is 7.70. The second-order valence-corrected chi connectivity index (χ2v) is 10.2. The number of hydrogen-bond donors (Lipinski definition) is 1. The molecular weight excluding hydrogens is 485 g/mol. The highest BCUT2D eigenvalue weighted by atomic mass is 35.5. The fourth-order valence-electron chi connectivity index (χ4n) is 5.61. The molecule has 186 valence electrons. The number of halogens is 2. The van der Waals surface area contributed by atoms with Crippen molar-refractivity contribution in [3.8, 4) is 0 Å². The summed E-state index contributed by atoms with van der Waals surface area (Å²) >= 11 is 12.6. The molecule has 2 aromatic carbocycles. The van der Waals surface area contributed by atoms with Gasteiger partial charge in [-0.2, -0.15) is 0 Å². The average molecular weight is 516 g/mol. The number of benzene rings is 2. The van der Waals surface area contributed by atoms with Gasteiger partial charge in [-0.25, -0.2) is 0 Å². The third kappa shape index (κ3) is 5.42. The van der Waals surface area contributed by atoms with E-state index in [1.54, 1.807) is 0 Å². The predicted octanol–water partition coefficient (Wildman–Crippen LogP) is 6.80. The molecule has 0 aromatic heterocycles. The maximum atomic E-state index is 14.1. The largest absolute Gasteiger partial charge is 0.481 e. The first-order valence-electron chi connectivity index (χ1n) is 12.2. The summed E-state index contributed by atoms with van der Waals surface area (Å²) in [5, 5.41) is 10.9. The number of carbonyl (C=O) groups is 2. The van der Waals surface area contributed by atoms with Crippen LogP contribution in [-0.2, 0) is 14.3 Å². The summed E-state index contributed by atoms with van der Waals surface area (Å²) in [6, 6.07) is 14.6. The average Bonchev–Trinajstić information content (AvgIpc) is 2.84. The second kappa shape index (κ2) is 11.2.